The third-order valence-electron chi connectivity index (χ3n) is 3.98. The van der Waals surface area contributed by atoms with Gasteiger partial charge in [0, 0.05) is 0 Å². The maximum Gasteiger partial charge on any atom is 0.501 e. The van der Waals surface area contributed by atoms with Crippen LogP contribution in [0.15, 0.2) is 47.4 Å². The monoisotopic (exact) mass is 431 g/mol. The van der Waals surface area contributed by atoms with E-state index in [1.54, 1.807) is 12.1 Å². The SMILES string of the molecule is COc1ccc(S(=O)(=O)C(F)(F)F)cc1NC(=O)COc1ccc(C(C)C)cc1. The summed E-state index contributed by atoms with van der Waals surface area (Å²) < 4.78 is 71.7. The first-order chi connectivity index (χ1) is 13.5. The zero-order chi connectivity index (χ0) is 21.8. The van der Waals surface area contributed by atoms with Crippen LogP contribution in [0, 0.1) is 0 Å². The number of carbonyl (C=O) groups excluding carboxylic acids is 1. The second-order valence-corrected chi connectivity index (χ2v) is 8.31. The second-order valence-electron chi connectivity index (χ2n) is 6.37. The Labute approximate surface area is 166 Å². The van der Waals surface area contributed by atoms with Gasteiger partial charge in [0.25, 0.3) is 15.7 Å². The molecule has 2 aromatic rings. The Bertz CT molecular complexity index is 970. The molecular weight excluding hydrogens is 411 g/mol. The Balaban J connectivity index is 2.13. The van der Waals surface area contributed by atoms with Crippen LogP contribution >= 0.6 is 0 Å². The van der Waals surface area contributed by atoms with Gasteiger partial charge < -0.3 is 14.8 Å². The minimum absolute atomic E-state index is 0.000704. The number of alkyl halides is 3. The lowest BCUT2D eigenvalue weighted by atomic mass is 10.0. The first-order valence-corrected chi connectivity index (χ1v) is 9.96. The summed E-state index contributed by atoms with van der Waals surface area (Å²) in [6.45, 7) is 3.63. The Morgan fingerprint density at radius 1 is 1.10 bits per heavy atom. The van der Waals surface area contributed by atoms with Crippen molar-refractivity contribution in [3.05, 3.63) is 48.0 Å². The van der Waals surface area contributed by atoms with Gasteiger partial charge in [-0.3, -0.25) is 4.79 Å². The lowest BCUT2D eigenvalue weighted by Gasteiger charge is -2.14. The molecule has 0 aliphatic rings. The summed E-state index contributed by atoms with van der Waals surface area (Å²) in [7, 11) is -4.33. The third kappa shape index (κ3) is 5.41. The molecule has 1 N–H and O–H groups in total. The van der Waals surface area contributed by atoms with Crippen molar-refractivity contribution in [3.8, 4) is 11.5 Å². The smallest absolute Gasteiger partial charge is 0.495 e. The highest BCUT2D eigenvalue weighted by Gasteiger charge is 2.47. The van der Waals surface area contributed by atoms with E-state index in [9.17, 15) is 26.4 Å². The number of hydrogen-bond donors (Lipinski definition) is 1. The van der Waals surface area contributed by atoms with Crippen LogP contribution in [0.5, 0.6) is 11.5 Å². The van der Waals surface area contributed by atoms with E-state index < -0.39 is 32.8 Å². The van der Waals surface area contributed by atoms with E-state index in [1.165, 1.54) is 7.11 Å². The molecule has 0 fully saturated rings. The molecule has 6 nitrogen and oxygen atoms in total. The number of anilines is 1. The van der Waals surface area contributed by atoms with Crippen molar-refractivity contribution in [1.29, 1.82) is 0 Å². The number of halogens is 3. The van der Waals surface area contributed by atoms with Gasteiger partial charge in [0.05, 0.1) is 17.7 Å². The fraction of sp³-hybridized carbons (Fsp3) is 0.316. The number of carbonyl (C=O) groups is 1. The lowest BCUT2D eigenvalue weighted by molar-refractivity contribution is -0.118. The van der Waals surface area contributed by atoms with Crippen LogP contribution in [0.4, 0.5) is 18.9 Å². The normalized spacial score (nSPS) is 12.0. The molecule has 0 heterocycles. The number of sulfone groups is 1. The third-order valence-corrected chi connectivity index (χ3v) is 5.46. The summed E-state index contributed by atoms with van der Waals surface area (Å²) in [6.07, 6.45) is 0. The molecular formula is C19H20F3NO5S. The van der Waals surface area contributed by atoms with Crippen molar-refractivity contribution in [2.45, 2.75) is 30.2 Å². The Kier molecular flexibility index (Phi) is 6.78. The fourth-order valence-corrected chi connectivity index (χ4v) is 3.16. The van der Waals surface area contributed by atoms with E-state index in [4.69, 9.17) is 9.47 Å². The molecule has 0 saturated carbocycles. The molecule has 10 heteroatoms. The second kappa shape index (κ2) is 8.73. The minimum Gasteiger partial charge on any atom is -0.495 e. The standard InChI is InChI=1S/C19H20F3NO5S/c1-12(2)13-4-6-14(7-5-13)28-11-18(24)23-16-10-15(8-9-17(16)27-3)29(25,26)19(20,21)22/h4-10,12H,11H2,1-3H3,(H,23,24). The molecule has 0 atom stereocenters. The zero-order valence-electron chi connectivity index (χ0n) is 15.9. The molecule has 2 rings (SSSR count). The Hall–Kier alpha value is -2.75. The van der Waals surface area contributed by atoms with Crippen molar-refractivity contribution < 1.29 is 35.9 Å². The van der Waals surface area contributed by atoms with E-state index in [0.717, 1.165) is 17.7 Å². The Morgan fingerprint density at radius 3 is 2.24 bits per heavy atom. The summed E-state index contributed by atoms with van der Waals surface area (Å²) in [4.78, 5) is 11.1. The van der Waals surface area contributed by atoms with Crippen LogP contribution in [0.3, 0.4) is 0 Å². The molecule has 158 valence electrons. The highest BCUT2D eigenvalue weighted by Crippen LogP contribution is 2.34. The van der Waals surface area contributed by atoms with Crippen molar-refractivity contribution in [2.24, 2.45) is 0 Å². The Morgan fingerprint density at radius 2 is 1.72 bits per heavy atom. The number of benzene rings is 2. The predicted octanol–water partition coefficient (Wildman–Crippen LogP) is 4.13. The fourth-order valence-electron chi connectivity index (χ4n) is 2.37. The molecule has 0 aromatic heterocycles. The van der Waals surface area contributed by atoms with E-state index in [1.807, 2.05) is 26.0 Å². The summed E-state index contributed by atoms with van der Waals surface area (Å²) in [5, 5.41) is 2.30. The molecule has 29 heavy (non-hydrogen) atoms. The molecule has 0 radical (unpaired) electrons. The maximum atomic E-state index is 12.8. The van der Waals surface area contributed by atoms with Crippen LogP contribution in [-0.4, -0.2) is 33.5 Å². The predicted molar refractivity (Wildman–Crippen MR) is 101 cm³/mol. The van der Waals surface area contributed by atoms with Crippen LogP contribution < -0.4 is 14.8 Å². The lowest BCUT2D eigenvalue weighted by Crippen LogP contribution is -2.24. The van der Waals surface area contributed by atoms with Crippen molar-refractivity contribution in [1.82, 2.24) is 0 Å². The van der Waals surface area contributed by atoms with E-state index in [2.05, 4.69) is 5.32 Å². The van der Waals surface area contributed by atoms with Gasteiger partial charge in [0.2, 0.25) is 0 Å². The first-order valence-electron chi connectivity index (χ1n) is 8.47. The number of ether oxygens (including phenoxy) is 2. The van der Waals surface area contributed by atoms with Crippen molar-refractivity contribution in [2.75, 3.05) is 19.0 Å². The van der Waals surface area contributed by atoms with E-state index >= 15 is 0 Å². The number of nitrogens with one attached hydrogen (secondary N) is 1. The van der Waals surface area contributed by atoms with Crippen molar-refractivity contribution in [3.63, 3.8) is 0 Å². The zero-order valence-corrected chi connectivity index (χ0v) is 16.7. The van der Waals surface area contributed by atoms with Gasteiger partial charge in [-0.05, 0) is 41.8 Å². The van der Waals surface area contributed by atoms with Crippen molar-refractivity contribution >= 4 is 21.4 Å². The van der Waals surface area contributed by atoms with Gasteiger partial charge in [-0.25, -0.2) is 8.42 Å². The van der Waals surface area contributed by atoms with E-state index in [0.29, 0.717) is 17.7 Å². The summed E-state index contributed by atoms with van der Waals surface area (Å²) in [5.74, 6) is 0.0727. The molecule has 0 aliphatic heterocycles. The molecule has 1 amide bonds. The van der Waals surface area contributed by atoms with Gasteiger partial charge in [-0.15, -0.1) is 0 Å². The van der Waals surface area contributed by atoms with Crippen LogP contribution in [0.25, 0.3) is 0 Å². The number of rotatable bonds is 7. The topological polar surface area (TPSA) is 81.7 Å². The molecule has 0 bridgehead atoms. The molecule has 0 saturated heterocycles. The average Bonchev–Trinajstić information content (AvgIpc) is 2.65. The van der Waals surface area contributed by atoms with Gasteiger partial charge in [-0.2, -0.15) is 13.2 Å². The number of hydrogen-bond acceptors (Lipinski definition) is 5. The average molecular weight is 431 g/mol. The molecule has 2 aromatic carbocycles. The highest BCUT2D eigenvalue weighted by atomic mass is 32.2. The van der Waals surface area contributed by atoms with Gasteiger partial charge >= 0.3 is 5.51 Å². The van der Waals surface area contributed by atoms with Gasteiger partial charge in [-0.1, -0.05) is 26.0 Å². The van der Waals surface area contributed by atoms with Gasteiger partial charge in [0.1, 0.15) is 11.5 Å². The van der Waals surface area contributed by atoms with Gasteiger partial charge in [0.15, 0.2) is 6.61 Å². The minimum atomic E-state index is -5.56. The molecule has 0 spiro atoms. The maximum absolute atomic E-state index is 12.8. The molecule has 0 aliphatic carbocycles. The summed E-state index contributed by atoms with van der Waals surface area (Å²) in [6, 6.07) is 9.57. The van der Waals surface area contributed by atoms with Crippen LogP contribution in [0.1, 0.15) is 25.3 Å². The number of methoxy groups -OCH3 is 1. The number of amides is 1. The quantitative estimate of drug-likeness (QED) is 0.713. The summed E-state index contributed by atoms with van der Waals surface area (Å²) in [5.41, 5.74) is -4.59. The van der Waals surface area contributed by atoms with Crippen LogP contribution in [0.2, 0.25) is 0 Å². The largest absolute Gasteiger partial charge is 0.501 e. The summed E-state index contributed by atoms with van der Waals surface area (Å²) >= 11 is 0. The molecule has 0 unspecified atom stereocenters. The van der Waals surface area contributed by atoms with Crippen LogP contribution in [-0.2, 0) is 14.6 Å². The first kappa shape index (κ1) is 22.5. The highest BCUT2D eigenvalue weighted by molar-refractivity contribution is 7.92. The van der Waals surface area contributed by atoms with E-state index in [-0.39, 0.29) is 11.4 Å².